The van der Waals surface area contributed by atoms with E-state index in [0.29, 0.717) is 18.8 Å². The molecule has 0 aromatic carbocycles. The van der Waals surface area contributed by atoms with Gasteiger partial charge in [0.1, 0.15) is 6.54 Å². The summed E-state index contributed by atoms with van der Waals surface area (Å²) in [5, 5.41) is 6.83. The summed E-state index contributed by atoms with van der Waals surface area (Å²) in [7, 11) is 1.84. The molecule has 0 bridgehead atoms. The van der Waals surface area contributed by atoms with Crippen LogP contribution >= 0.6 is 0 Å². The van der Waals surface area contributed by atoms with Crippen LogP contribution in [0.5, 0.6) is 0 Å². The Morgan fingerprint density at radius 2 is 2.37 bits per heavy atom. The maximum Gasteiger partial charge on any atom is 0.269 e. The summed E-state index contributed by atoms with van der Waals surface area (Å²) in [4.78, 5) is 25.3. The fourth-order valence-corrected chi connectivity index (χ4v) is 1.71. The van der Waals surface area contributed by atoms with E-state index >= 15 is 0 Å². The molecular formula is C12H19N5O2. The first-order valence-corrected chi connectivity index (χ1v) is 6.38. The van der Waals surface area contributed by atoms with Gasteiger partial charge >= 0.3 is 0 Å². The van der Waals surface area contributed by atoms with Gasteiger partial charge in [-0.3, -0.25) is 9.59 Å². The molecule has 1 fully saturated rings. The average molecular weight is 265 g/mol. The Hall–Kier alpha value is -1.89. The lowest BCUT2D eigenvalue weighted by atomic mass is 10.4. The third kappa shape index (κ3) is 3.78. The molecule has 0 saturated heterocycles. The van der Waals surface area contributed by atoms with Gasteiger partial charge < -0.3 is 16.0 Å². The second kappa shape index (κ2) is 5.83. The zero-order valence-corrected chi connectivity index (χ0v) is 11.0. The second-order valence-electron chi connectivity index (χ2n) is 4.76. The molecule has 1 amide bonds. The summed E-state index contributed by atoms with van der Waals surface area (Å²) in [6.45, 7) is 1.12. The molecule has 1 aromatic rings. The van der Waals surface area contributed by atoms with Crippen LogP contribution in [0.4, 0.5) is 5.69 Å². The Bertz CT molecular complexity index is 509. The number of nitrogens with one attached hydrogen (secondary N) is 1. The largest absolute Gasteiger partial charge is 0.372 e. The lowest BCUT2D eigenvalue weighted by Crippen LogP contribution is -2.35. The van der Waals surface area contributed by atoms with Crippen LogP contribution in [-0.4, -0.2) is 41.9 Å². The van der Waals surface area contributed by atoms with Crippen LogP contribution in [0.25, 0.3) is 0 Å². The number of anilines is 1. The van der Waals surface area contributed by atoms with E-state index in [1.165, 1.54) is 6.07 Å². The van der Waals surface area contributed by atoms with Crippen molar-refractivity contribution in [2.24, 2.45) is 5.73 Å². The molecule has 0 unspecified atom stereocenters. The molecule has 1 aliphatic carbocycles. The Morgan fingerprint density at radius 1 is 1.63 bits per heavy atom. The maximum atomic E-state index is 11.8. The number of hydrogen-bond donors (Lipinski definition) is 2. The third-order valence-corrected chi connectivity index (χ3v) is 3.00. The van der Waals surface area contributed by atoms with Crippen molar-refractivity contribution in [3.05, 3.63) is 22.6 Å². The smallest absolute Gasteiger partial charge is 0.269 e. The molecule has 0 atom stereocenters. The number of hydrogen-bond acceptors (Lipinski definition) is 5. The van der Waals surface area contributed by atoms with Gasteiger partial charge in [0.15, 0.2) is 0 Å². The topological polar surface area (TPSA) is 93.2 Å². The minimum Gasteiger partial charge on any atom is -0.372 e. The normalized spacial score (nSPS) is 14.2. The first-order chi connectivity index (χ1) is 9.10. The molecule has 1 aromatic heterocycles. The average Bonchev–Trinajstić information content (AvgIpc) is 3.16. The van der Waals surface area contributed by atoms with Gasteiger partial charge in [0.05, 0.1) is 11.9 Å². The quantitative estimate of drug-likeness (QED) is 0.682. The van der Waals surface area contributed by atoms with Crippen molar-refractivity contribution in [2.75, 3.05) is 25.0 Å². The van der Waals surface area contributed by atoms with E-state index in [4.69, 9.17) is 5.73 Å². The fraction of sp³-hybridized carbons (Fsp3) is 0.583. The molecule has 7 nitrogen and oxygen atoms in total. The SMILES string of the molecule is CN(CCN)c1cnn(CC(=O)NC2CC2)c(=O)c1. The van der Waals surface area contributed by atoms with Gasteiger partial charge in [-0.1, -0.05) is 0 Å². The molecule has 0 spiro atoms. The van der Waals surface area contributed by atoms with Gasteiger partial charge in [0.25, 0.3) is 5.56 Å². The van der Waals surface area contributed by atoms with Crippen LogP contribution < -0.4 is 21.5 Å². The summed E-state index contributed by atoms with van der Waals surface area (Å²) in [5.41, 5.74) is 5.87. The highest BCUT2D eigenvalue weighted by molar-refractivity contribution is 5.76. The predicted octanol–water partition coefficient (Wildman–Crippen LogP) is -1.08. The van der Waals surface area contributed by atoms with E-state index in [9.17, 15) is 9.59 Å². The molecule has 1 aliphatic rings. The summed E-state index contributed by atoms with van der Waals surface area (Å²) in [6.07, 6.45) is 3.62. The van der Waals surface area contributed by atoms with Crippen molar-refractivity contribution in [2.45, 2.75) is 25.4 Å². The Kier molecular flexibility index (Phi) is 4.16. The Balaban J connectivity index is 2.01. The van der Waals surface area contributed by atoms with Gasteiger partial charge in [0, 0.05) is 32.2 Å². The number of carbonyl (C=O) groups excluding carboxylic acids is 1. The fourth-order valence-electron chi connectivity index (χ4n) is 1.71. The molecule has 1 saturated carbocycles. The van der Waals surface area contributed by atoms with Crippen molar-refractivity contribution in [1.29, 1.82) is 0 Å². The van der Waals surface area contributed by atoms with Gasteiger partial charge in [-0.15, -0.1) is 0 Å². The summed E-state index contributed by atoms with van der Waals surface area (Å²) in [6, 6.07) is 1.76. The van der Waals surface area contributed by atoms with Crippen molar-refractivity contribution in [3.8, 4) is 0 Å². The number of nitrogens with two attached hydrogens (primary N) is 1. The predicted molar refractivity (Wildman–Crippen MR) is 72.0 cm³/mol. The highest BCUT2D eigenvalue weighted by atomic mass is 16.2. The summed E-state index contributed by atoms with van der Waals surface area (Å²) >= 11 is 0. The van der Waals surface area contributed by atoms with Crippen LogP contribution in [0, 0.1) is 0 Å². The molecule has 7 heteroatoms. The molecule has 2 rings (SSSR count). The molecular weight excluding hydrogens is 246 g/mol. The van der Waals surface area contributed by atoms with Crippen molar-refractivity contribution >= 4 is 11.6 Å². The van der Waals surface area contributed by atoms with Crippen LogP contribution in [-0.2, 0) is 11.3 Å². The van der Waals surface area contributed by atoms with E-state index in [-0.39, 0.29) is 24.1 Å². The van der Waals surface area contributed by atoms with Crippen LogP contribution in [0.2, 0.25) is 0 Å². The summed E-state index contributed by atoms with van der Waals surface area (Å²) in [5.74, 6) is -0.167. The van der Waals surface area contributed by atoms with Crippen LogP contribution in [0.3, 0.4) is 0 Å². The van der Waals surface area contributed by atoms with E-state index in [2.05, 4.69) is 10.4 Å². The van der Waals surface area contributed by atoms with Crippen molar-refractivity contribution < 1.29 is 4.79 Å². The molecule has 0 aliphatic heterocycles. The zero-order valence-electron chi connectivity index (χ0n) is 11.0. The number of aromatic nitrogens is 2. The van der Waals surface area contributed by atoms with E-state index in [0.717, 1.165) is 17.5 Å². The first kappa shape index (κ1) is 13.5. The van der Waals surface area contributed by atoms with Gasteiger partial charge in [-0.25, -0.2) is 4.68 Å². The Labute approximate surface area is 111 Å². The number of nitrogens with zero attached hydrogens (tertiary/aromatic N) is 3. The van der Waals surface area contributed by atoms with Crippen molar-refractivity contribution in [3.63, 3.8) is 0 Å². The van der Waals surface area contributed by atoms with E-state index in [1.54, 1.807) is 6.20 Å². The molecule has 104 valence electrons. The lowest BCUT2D eigenvalue weighted by molar-refractivity contribution is -0.122. The number of carbonyl (C=O) groups is 1. The number of rotatable bonds is 6. The standard InChI is InChI=1S/C12H19N5O2/c1-16(5-4-13)10-6-12(19)17(14-7-10)8-11(18)15-9-2-3-9/h6-7,9H,2-5,8,13H2,1H3,(H,15,18). The minimum atomic E-state index is -0.285. The lowest BCUT2D eigenvalue weighted by Gasteiger charge is -2.17. The number of likely N-dealkylation sites (N-methyl/N-ethyl adjacent to an activating group) is 1. The number of amides is 1. The molecule has 3 N–H and O–H groups in total. The monoisotopic (exact) mass is 265 g/mol. The Morgan fingerprint density at radius 3 is 2.95 bits per heavy atom. The van der Waals surface area contributed by atoms with E-state index < -0.39 is 0 Å². The minimum absolute atomic E-state index is 0.0315. The third-order valence-electron chi connectivity index (χ3n) is 3.00. The zero-order chi connectivity index (χ0) is 13.8. The molecule has 19 heavy (non-hydrogen) atoms. The van der Waals surface area contributed by atoms with Gasteiger partial charge in [0.2, 0.25) is 5.91 Å². The summed E-state index contributed by atoms with van der Waals surface area (Å²) < 4.78 is 1.16. The first-order valence-electron chi connectivity index (χ1n) is 6.38. The molecule has 0 radical (unpaired) electrons. The van der Waals surface area contributed by atoms with Gasteiger partial charge in [-0.05, 0) is 12.8 Å². The van der Waals surface area contributed by atoms with E-state index in [1.807, 2.05) is 11.9 Å². The highest BCUT2D eigenvalue weighted by Gasteiger charge is 2.23. The van der Waals surface area contributed by atoms with Crippen molar-refractivity contribution in [1.82, 2.24) is 15.1 Å². The van der Waals surface area contributed by atoms with Crippen LogP contribution in [0.15, 0.2) is 17.1 Å². The molecule has 1 heterocycles. The second-order valence-corrected chi connectivity index (χ2v) is 4.76. The van der Waals surface area contributed by atoms with Gasteiger partial charge in [-0.2, -0.15) is 5.10 Å². The highest BCUT2D eigenvalue weighted by Crippen LogP contribution is 2.18. The maximum absolute atomic E-state index is 11.8. The van der Waals surface area contributed by atoms with Crippen LogP contribution in [0.1, 0.15) is 12.8 Å².